The predicted octanol–water partition coefficient (Wildman–Crippen LogP) is 3.84. The number of nitrogens with two attached hydrogens (primary N) is 1. The van der Waals surface area contributed by atoms with Crippen LogP contribution < -0.4 is 27.0 Å². The van der Waals surface area contributed by atoms with Crippen molar-refractivity contribution in [3.8, 4) is 33.8 Å². The fourth-order valence-electron chi connectivity index (χ4n) is 5.91. The third kappa shape index (κ3) is 12.3. The molecular weight excluding hydrogens is 787 g/mol. The quantitative estimate of drug-likeness (QED) is 0.109. The van der Waals surface area contributed by atoms with E-state index in [1.54, 1.807) is 36.4 Å². The number of Topliss-reactive ketones (excluding diaryl/α,β-unsaturated/α-hetero) is 1. The Kier molecular flexibility index (Phi) is 16.6. The Morgan fingerprint density at radius 2 is 1.48 bits per heavy atom. The first-order chi connectivity index (χ1) is 27.8. The SMILES string of the molecule is CCCCN.CN(C(=O)CNC(=O)c1ccc(-c2ccc(Cl)cc2)cc1)C1C(=O)NCC(=O)NC(C(=O)NCC(=O)CCl)Cc2ccc(O)c(c2)-c2cc1ccc2O. The van der Waals surface area contributed by atoms with Gasteiger partial charge in [-0.3, -0.25) is 28.8 Å². The van der Waals surface area contributed by atoms with E-state index in [1.165, 1.54) is 56.3 Å². The van der Waals surface area contributed by atoms with Crippen molar-refractivity contribution < 1.29 is 39.0 Å². The molecule has 5 rings (SSSR count). The molecule has 0 radical (unpaired) electrons. The van der Waals surface area contributed by atoms with E-state index in [-0.39, 0.29) is 47.0 Å². The molecule has 0 fully saturated rings. The first kappa shape index (κ1) is 44.8. The highest BCUT2D eigenvalue weighted by molar-refractivity contribution is 6.30. The highest BCUT2D eigenvalue weighted by Gasteiger charge is 2.31. The van der Waals surface area contributed by atoms with E-state index in [0.717, 1.165) is 22.6 Å². The van der Waals surface area contributed by atoms with Crippen LogP contribution in [-0.4, -0.2) is 95.6 Å². The van der Waals surface area contributed by atoms with Gasteiger partial charge in [-0.15, -0.1) is 11.6 Å². The molecule has 14 nitrogen and oxygen atoms in total. The van der Waals surface area contributed by atoms with Gasteiger partial charge in [-0.25, -0.2) is 0 Å². The Morgan fingerprint density at radius 3 is 2.09 bits per heavy atom. The number of ketones is 1. The van der Waals surface area contributed by atoms with Gasteiger partial charge in [0.05, 0.1) is 25.5 Å². The molecule has 4 aromatic carbocycles. The molecule has 2 unspecified atom stereocenters. The van der Waals surface area contributed by atoms with Gasteiger partial charge in [-0.1, -0.05) is 61.3 Å². The van der Waals surface area contributed by atoms with E-state index < -0.39 is 60.5 Å². The maximum absolute atomic E-state index is 13.7. The third-order valence-corrected chi connectivity index (χ3v) is 9.67. The molecule has 0 saturated heterocycles. The summed E-state index contributed by atoms with van der Waals surface area (Å²) < 4.78 is 0. The number of likely N-dealkylation sites (N-methyl/N-ethyl adjacent to an activating group) is 1. The van der Waals surface area contributed by atoms with Crippen LogP contribution in [0.15, 0.2) is 84.9 Å². The molecule has 0 saturated carbocycles. The van der Waals surface area contributed by atoms with Gasteiger partial charge in [0, 0.05) is 35.2 Å². The number of hydrogen-bond acceptors (Lipinski definition) is 9. The van der Waals surface area contributed by atoms with Crippen molar-refractivity contribution in [3.05, 3.63) is 107 Å². The van der Waals surface area contributed by atoms with E-state index in [4.69, 9.17) is 28.9 Å². The zero-order valence-corrected chi connectivity index (χ0v) is 33.5. The first-order valence-corrected chi connectivity index (χ1v) is 19.3. The minimum Gasteiger partial charge on any atom is -0.507 e. The maximum atomic E-state index is 13.7. The fraction of sp³-hybridized carbons (Fsp3) is 0.286. The molecule has 58 heavy (non-hydrogen) atoms. The van der Waals surface area contributed by atoms with E-state index in [9.17, 15) is 39.0 Å². The minimum absolute atomic E-state index is 0.0770. The standard InChI is InChI=1S/C38H35Cl2N5O8.C4H11N/c1-45(34(50)20-43-36(51)24-5-3-22(4-6-24)23-7-10-26(40)11-8-23)35-25-9-13-32(48)29(16-25)28-14-21(2-12-31(28)47)15-30(37(52)41-18-27(46)17-39)44-33(49)19-42-38(35)53;1-2-3-4-5/h2-14,16,30,35,47-48H,15,17-20H2,1H3,(H,41,52)(H,42,53)(H,43,51)(H,44,49);2-5H2,1H3. The van der Waals surface area contributed by atoms with Crippen LogP contribution in [0, 0.1) is 0 Å². The average Bonchev–Trinajstić information content (AvgIpc) is 3.22. The zero-order valence-electron chi connectivity index (χ0n) is 32.0. The molecule has 1 aliphatic heterocycles. The molecular formula is C42H46Cl2N6O8. The predicted molar refractivity (Wildman–Crippen MR) is 221 cm³/mol. The summed E-state index contributed by atoms with van der Waals surface area (Å²) in [6, 6.07) is 19.9. The molecule has 0 aromatic heterocycles. The summed E-state index contributed by atoms with van der Waals surface area (Å²) in [4.78, 5) is 79.2. The van der Waals surface area contributed by atoms with Crippen molar-refractivity contribution >= 4 is 58.5 Å². The molecule has 0 spiro atoms. The molecule has 8 N–H and O–H groups in total. The zero-order chi connectivity index (χ0) is 42.4. The van der Waals surface area contributed by atoms with E-state index >= 15 is 0 Å². The van der Waals surface area contributed by atoms with Crippen LogP contribution in [0.5, 0.6) is 11.5 Å². The van der Waals surface area contributed by atoms with Crippen molar-refractivity contribution in [2.45, 2.75) is 38.3 Å². The molecule has 4 aromatic rings. The molecule has 4 bridgehead atoms. The Bertz CT molecular complexity index is 2110. The smallest absolute Gasteiger partial charge is 0.251 e. The molecule has 1 aliphatic rings. The second kappa shape index (κ2) is 21.5. The van der Waals surface area contributed by atoms with Crippen LogP contribution in [0.25, 0.3) is 22.3 Å². The van der Waals surface area contributed by atoms with E-state index in [2.05, 4.69) is 28.2 Å². The summed E-state index contributed by atoms with van der Waals surface area (Å²) in [6.45, 7) is 1.53. The number of fused-ring (bicyclic) bond motifs is 5. The molecule has 5 amide bonds. The van der Waals surface area contributed by atoms with E-state index in [1.807, 2.05) is 12.1 Å². The second-order valence-corrected chi connectivity index (χ2v) is 14.1. The summed E-state index contributed by atoms with van der Waals surface area (Å²) in [7, 11) is 1.34. The van der Waals surface area contributed by atoms with Gasteiger partial charge in [0.2, 0.25) is 23.6 Å². The number of benzene rings is 4. The number of rotatable bonds is 11. The highest BCUT2D eigenvalue weighted by atomic mass is 35.5. The number of phenolic OH excluding ortho intramolecular Hbond substituents is 2. The fourth-order valence-corrected chi connectivity index (χ4v) is 6.13. The van der Waals surface area contributed by atoms with Gasteiger partial charge >= 0.3 is 0 Å². The summed E-state index contributed by atoms with van der Waals surface area (Å²) >= 11 is 11.5. The lowest BCUT2D eigenvalue weighted by atomic mass is 9.94. The van der Waals surface area contributed by atoms with Gasteiger partial charge in [-0.05, 0) is 83.8 Å². The van der Waals surface area contributed by atoms with Crippen molar-refractivity contribution in [2.75, 3.05) is 39.1 Å². The van der Waals surface area contributed by atoms with Gasteiger partial charge in [0.25, 0.3) is 5.91 Å². The lowest BCUT2D eigenvalue weighted by Gasteiger charge is -2.29. The van der Waals surface area contributed by atoms with Crippen molar-refractivity contribution in [1.82, 2.24) is 26.2 Å². The largest absolute Gasteiger partial charge is 0.507 e. The van der Waals surface area contributed by atoms with Gasteiger partial charge in [-0.2, -0.15) is 0 Å². The monoisotopic (exact) mass is 832 g/mol. The number of amides is 5. The Balaban J connectivity index is 0.00000140. The summed E-state index contributed by atoms with van der Waals surface area (Å²) in [5.74, 6) is -4.69. The topological polar surface area (TPSA) is 220 Å². The van der Waals surface area contributed by atoms with Gasteiger partial charge in [0.1, 0.15) is 23.6 Å². The first-order valence-electron chi connectivity index (χ1n) is 18.4. The average molecular weight is 834 g/mol. The van der Waals surface area contributed by atoms with Crippen LogP contribution in [0.4, 0.5) is 0 Å². The number of nitrogens with zero attached hydrogens (tertiary/aromatic N) is 1. The Morgan fingerprint density at radius 1 is 0.862 bits per heavy atom. The summed E-state index contributed by atoms with van der Waals surface area (Å²) in [6.07, 6.45) is 2.31. The van der Waals surface area contributed by atoms with Crippen molar-refractivity contribution in [3.63, 3.8) is 0 Å². The molecule has 2 atom stereocenters. The Hall–Kier alpha value is -5.96. The van der Waals surface area contributed by atoms with Crippen molar-refractivity contribution in [2.24, 2.45) is 5.73 Å². The number of nitrogens with one attached hydrogen (secondary N) is 4. The van der Waals surface area contributed by atoms with Crippen LogP contribution in [0.3, 0.4) is 0 Å². The minimum atomic E-state index is -1.38. The number of alkyl halides is 1. The number of carbonyl (C=O) groups excluding carboxylic acids is 6. The number of phenols is 2. The molecule has 306 valence electrons. The molecule has 1 heterocycles. The summed E-state index contributed by atoms with van der Waals surface area (Å²) in [5, 5.41) is 32.3. The van der Waals surface area contributed by atoms with Crippen molar-refractivity contribution in [1.29, 1.82) is 0 Å². The highest BCUT2D eigenvalue weighted by Crippen LogP contribution is 2.38. The number of aromatic hydroxyl groups is 2. The number of hydrogen-bond donors (Lipinski definition) is 7. The van der Waals surface area contributed by atoms with Gasteiger partial charge in [0.15, 0.2) is 5.78 Å². The lowest BCUT2D eigenvalue weighted by Crippen LogP contribution is -2.52. The van der Waals surface area contributed by atoms with Gasteiger partial charge < -0.3 is 42.1 Å². The van der Waals surface area contributed by atoms with Crippen LogP contribution >= 0.6 is 23.2 Å². The number of carbonyl (C=O) groups is 6. The van der Waals surface area contributed by atoms with Crippen LogP contribution in [0.1, 0.15) is 47.3 Å². The normalized spacial score (nSPS) is 15.0. The van der Waals surface area contributed by atoms with Crippen LogP contribution in [0.2, 0.25) is 5.02 Å². The number of unbranched alkanes of at least 4 members (excludes halogenated alkanes) is 1. The second-order valence-electron chi connectivity index (χ2n) is 13.4. The number of halogens is 2. The molecule has 0 aliphatic carbocycles. The molecule has 16 heteroatoms. The lowest BCUT2D eigenvalue weighted by molar-refractivity contribution is -0.139. The summed E-state index contributed by atoms with van der Waals surface area (Å²) in [5.41, 5.74) is 8.15. The van der Waals surface area contributed by atoms with Crippen LogP contribution in [-0.2, 0) is 30.4 Å². The third-order valence-electron chi connectivity index (χ3n) is 9.12. The Labute approximate surface area is 346 Å². The van der Waals surface area contributed by atoms with E-state index in [0.29, 0.717) is 16.1 Å². The maximum Gasteiger partial charge on any atom is 0.251 e.